The molecule has 0 bridgehead atoms. The van der Waals surface area contributed by atoms with E-state index in [4.69, 9.17) is 10.2 Å². The van der Waals surface area contributed by atoms with Crippen molar-refractivity contribution in [1.29, 1.82) is 0 Å². The zero-order chi connectivity index (χ0) is 15.0. The number of benzene rings is 2. The van der Waals surface area contributed by atoms with E-state index in [1.54, 1.807) is 12.1 Å². The van der Waals surface area contributed by atoms with Crippen molar-refractivity contribution in [3.05, 3.63) is 65.7 Å². The second kappa shape index (κ2) is 8.53. The van der Waals surface area contributed by atoms with Gasteiger partial charge in [0.05, 0.1) is 12.7 Å². The summed E-state index contributed by atoms with van der Waals surface area (Å²) in [5.41, 5.74) is 1.41. The van der Waals surface area contributed by atoms with Crippen molar-refractivity contribution in [3.63, 3.8) is 0 Å². The lowest BCUT2D eigenvalue weighted by Gasteiger charge is -2.00. The first-order chi connectivity index (χ1) is 9.54. The molecule has 0 fully saturated rings. The number of thiol groups is 1. The van der Waals surface area contributed by atoms with Crippen molar-refractivity contribution in [2.24, 2.45) is 0 Å². The van der Waals surface area contributed by atoms with Crippen LogP contribution >= 0.6 is 12.6 Å². The number of ketones is 1. The van der Waals surface area contributed by atoms with Gasteiger partial charge in [-0.1, -0.05) is 30.3 Å². The summed E-state index contributed by atoms with van der Waals surface area (Å²) in [6.45, 7) is 1.39. The number of rotatable bonds is 3. The largest absolute Gasteiger partial charge is 0.394 e. The minimum Gasteiger partial charge on any atom is -0.394 e. The molecule has 2 aromatic rings. The van der Waals surface area contributed by atoms with Crippen LogP contribution in [0.2, 0.25) is 0 Å². The van der Waals surface area contributed by atoms with Gasteiger partial charge in [0.2, 0.25) is 0 Å². The first kappa shape index (κ1) is 16.4. The normalized spacial score (nSPS) is 11.2. The second-order valence-corrected chi connectivity index (χ2v) is 4.79. The van der Waals surface area contributed by atoms with E-state index in [-0.39, 0.29) is 12.4 Å². The van der Waals surface area contributed by atoms with Crippen LogP contribution < -0.4 is 0 Å². The number of carbonyl (C=O) groups excluding carboxylic acids is 1. The Morgan fingerprint density at radius 3 is 1.95 bits per heavy atom. The molecule has 0 saturated heterocycles. The molecule has 106 valence electrons. The first-order valence-electron chi connectivity index (χ1n) is 6.22. The average molecular weight is 290 g/mol. The number of hydrogen-bond acceptors (Lipinski definition) is 4. The Labute approximate surface area is 124 Å². The molecule has 1 atom stereocenters. The van der Waals surface area contributed by atoms with Crippen LogP contribution in [-0.2, 0) is 0 Å². The lowest BCUT2D eigenvalue weighted by Crippen LogP contribution is -2.03. The second-order valence-electron chi connectivity index (χ2n) is 4.27. The van der Waals surface area contributed by atoms with Gasteiger partial charge >= 0.3 is 0 Å². The fraction of sp³-hybridized carbons (Fsp3) is 0.188. The first-order valence-corrected chi connectivity index (χ1v) is 6.67. The molecule has 0 saturated carbocycles. The molecular weight excluding hydrogens is 272 g/mol. The molecule has 0 aliphatic carbocycles. The van der Waals surface area contributed by atoms with E-state index in [9.17, 15) is 4.79 Å². The highest BCUT2D eigenvalue weighted by Crippen LogP contribution is 2.12. The van der Waals surface area contributed by atoms with Crippen LogP contribution in [-0.4, -0.2) is 28.7 Å². The molecule has 0 aliphatic rings. The van der Waals surface area contributed by atoms with Gasteiger partial charge in [-0.25, -0.2) is 0 Å². The third-order valence-electron chi connectivity index (χ3n) is 2.43. The average Bonchev–Trinajstić information content (AvgIpc) is 2.49. The van der Waals surface area contributed by atoms with E-state index in [0.717, 1.165) is 4.90 Å². The van der Waals surface area contributed by atoms with Gasteiger partial charge in [0.15, 0.2) is 5.78 Å². The van der Waals surface area contributed by atoms with Crippen molar-refractivity contribution >= 4 is 18.4 Å². The Kier molecular flexibility index (Phi) is 7.01. The Morgan fingerprint density at radius 1 is 1.05 bits per heavy atom. The molecule has 0 aliphatic heterocycles. The molecular formula is C16H18O3S. The van der Waals surface area contributed by atoms with E-state index in [1.165, 1.54) is 6.92 Å². The van der Waals surface area contributed by atoms with Gasteiger partial charge in [-0.15, -0.1) is 12.6 Å². The Bertz CT molecular complexity index is 521. The Hall–Kier alpha value is -1.62. The summed E-state index contributed by atoms with van der Waals surface area (Å²) in [4.78, 5) is 12.8. The summed E-state index contributed by atoms with van der Waals surface area (Å²) in [6, 6.07) is 16.5. The van der Waals surface area contributed by atoms with E-state index in [2.05, 4.69) is 12.6 Å². The molecule has 20 heavy (non-hydrogen) atoms. The van der Waals surface area contributed by atoms with Crippen molar-refractivity contribution in [2.75, 3.05) is 6.61 Å². The molecule has 0 amide bonds. The van der Waals surface area contributed by atoms with Crippen molar-refractivity contribution in [3.8, 4) is 0 Å². The topological polar surface area (TPSA) is 57.5 Å². The zero-order valence-corrected chi connectivity index (χ0v) is 12.1. The third kappa shape index (κ3) is 5.57. The fourth-order valence-electron chi connectivity index (χ4n) is 1.37. The molecule has 0 heterocycles. The Balaban J connectivity index is 0.000000347. The van der Waals surface area contributed by atoms with Gasteiger partial charge in [0, 0.05) is 16.0 Å². The number of aliphatic hydroxyl groups is 2. The van der Waals surface area contributed by atoms with E-state index in [1.807, 2.05) is 42.5 Å². The standard InChI is InChI=1S/C13H10OS.C3H8O2/c14-13(10-4-2-1-3-5-10)11-6-8-12(15)9-7-11;1-3(5)2-4/h1-9,15H;3-5H,2H2,1H3. The summed E-state index contributed by atoms with van der Waals surface area (Å²) in [6.07, 6.45) is -0.560. The van der Waals surface area contributed by atoms with Crippen LogP contribution in [0.1, 0.15) is 22.8 Å². The lowest BCUT2D eigenvalue weighted by atomic mass is 10.0. The van der Waals surface area contributed by atoms with Crippen molar-refractivity contribution in [2.45, 2.75) is 17.9 Å². The van der Waals surface area contributed by atoms with Gasteiger partial charge in [-0.3, -0.25) is 4.79 Å². The zero-order valence-electron chi connectivity index (χ0n) is 11.2. The van der Waals surface area contributed by atoms with E-state index < -0.39 is 6.10 Å². The van der Waals surface area contributed by atoms with Gasteiger partial charge in [-0.2, -0.15) is 0 Å². The summed E-state index contributed by atoms with van der Waals surface area (Å²) in [7, 11) is 0. The highest BCUT2D eigenvalue weighted by molar-refractivity contribution is 7.80. The van der Waals surface area contributed by atoms with Gasteiger partial charge in [0.1, 0.15) is 0 Å². The molecule has 2 N–H and O–H groups in total. The minimum atomic E-state index is -0.560. The van der Waals surface area contributed by atoms with Crippen LogP contribution in [0, 0.1) is 0 Å². The predicted molar refractivity (Wildman–Crippen MR) is 82.3 cm³/mol. The highest BCUT2D eigenvalue weighted by Gasteiger charge is 2.06. The summed E-state index contributed by atoms with van der Waals surface area (Å²) in [5, 5.41) is 16.0. The third-order valence-corrected chi connectivity index (χ3v) is 2.73. The maximum atomic E-state index is 11.9. The molecule has 4 heteroatoms. The van der Waals surface area contributed by atoms with Crippen molar-refractivity contribution in [1.82, 2.24) is 0 Å². The molecule has 3 nitrogen and oxygen atoms in total. The summed E-state index contributed by atoms with van der Waals surface area (Å²) < 4.78 is 0. The van der Waals surface area contributed by atoms with Crippen LogP contribution in [0.5, 0.6) is 0 Å². The van der Waals surface area contributed by atoms with Crippen LogP contribution in [0.25, 0.3) is 0 Å². The van der Waals surface area contributed by atoms with Crippen LogP contribution in [0.15, 0.2) is 59.5 Å². The molecule has 2 aromatic carbocycles. The molecule has 0 radical (unpaired) electrons. The molecule has 0 aromatic heterocycles. The van der Waals surface area contributed by atoms with Gasteiger partial charge < -0.3 is 10.2 Å². The van der Waals surface area contributed by atoms with E-state index >= 15 is 0 Å². The van der Waals surface area contributed by atoms with Gasteiger partial charge in [0.25, 0.3) is 0 Å². The summed E-state index contributed by atoms with van der Waals surface area (Å²) >= 11 is 4.18. The number of carbonyl (C=O) groups is 1. The van der Waals surface area contributed by atoms with Crippen molar-refractivity contribution < 1.29 is 15.0 Å². The quantitative estimate of drug-likeness (QED) is 0.601. The summed E-state index contributed by atoms with van der Waals surface area (Å²) in [5.74, 6) is 0.0453. The smallest absolute Gasteiger partial charge is 0.193 e. The maximum absolute atomic E-state index is 11.9. The SMILES string of the molecule is CC(O)CO.O=C(c1ccccc1)c1ccc(S)cc1. The monoisotopic (exact) mass is 290 g/mol. The molecule has 1 unspecified atom stereocenters. The molecule has 0 spiro atoms. The number of aliphatic hydroxyl groups excluding tert-OH is 2. The van der Waals surface area contributed by atoms with E-state index in [0.29, 0.717) is 11.1 Å². The van der Waals surface area contributed by atoms with Crippen LogP contribution in [0.3, 0.4) is 0 Å². The molecule has 2 rings (SSSR count). The minimum absolute atomic E-state index is 0.0453. The highest BCUT2D eigenvalue weighted by atomic mass is 32.1. The maximum Gasteiger partial charge on any atom is 0.193 e. The number of hydrogen-bond donors (Lipinski definition) is 3. The lowest BCUT2D eigenvalue weighted by molar-refractivity contribution is 0.103. The fourth-order valence-corrected chi connectivity index (χ4v) is 1.52. The van der Waals surface area contributed by atoms with Gasteiger partial charge in [-0.05, 0) is 31.2 Å². The predicted octanol–water partition coefficient (Wildman–Crippen LogP) is 2.57. The van der Waals surface area contributed by atoms with Crippen LogP contribution in [0.4, 0.5) is 0 Å². The Morgan fingerprint density at radius 2 is 1.50 bits per heavy atom.